The molecule has 6 nitrogen and oxygen atoms in total. The maximum absolute atomic E-state index is 5.64. The number of methoxy groups -OCH3 is 1. The lowest BCUT2D eigenvalue weighted by molar-refractivity contribution is -0.0298. The van der Waals surface area contributed by atoms with Crippen molar-refractivity contribution >= 4 is 5.96 Å². The Balaban J connectivity index is 2.65. The number of ether oxygens (including phenoxy) is 2. The molecule has 2 unspecified atom stereocenters. The number of hydrogen-bond donors (Lipinski definition) is 2. The van der Waals surface area contributed by atoms with Gasteiger partial charge in [0.15, 0.2) is 0 Å². The SMILES string of the molecule is CCC1COC(C)CN1C(=NCCOC)NN. The van der Waals surface area contributed by atoms with Gasteiger partial charge in [-0.05, 0) is 13.3 Å². The van der Waals surface area contributed by atoms with E-state index in [4.69, 9.17) is 15.3 Å². The predicted octanol–water partition coefficient (Wildman–Crippen LogP) is -0.0486. The average molecular weight is 244 g/mol. The maximum atomic E-state index is 5.64. The van der Waals surface area contributed by atoms with Gasteiger partial charge in [0.2, 0.25) is 5.96 Å². The lowest BCUT2D eigenvalue weighted by Crippen LogP contribution is -2.56. The van der Waals surface area contributed by atoms with Crippen LogP contribution in [0.3, 0.4) is 0 Å². The first-order valence-corrected chi connectivity index (χ1v) is 6.11. The number of guanidine groups is 1. The first-order valence-electron chi connectivity index (χ1n) is 6.11. The Labute approximate surface area is 103 Å². The minimum Gasteiger partial charge on any atom is -0.383 e. The molecule has 1 fully saturated rings. The molecule has 1 saturated heterocycles. The first kappa shape index (κ1) is 14.2. The summed E-state index contributed by atoms with van der Waals surface area (Å²) in [5, 5.41) is 0. The molecule has 100 valence electrons. The molecule has 2 atom stereocenters. The van der Waals surface area contributed by atoms with E-state index in [-0.39, 0.29) is 6.10 Å². The predicted molar refractivity (Wildman–Crippen MR) is 67.7 cm³/mol. The highest BCUT2D eigenvalue weighted by atomic mass is 16.5. The van der Waals surface area contributed by atoms with Crippen LogP contribution in [0.25, 0.3) is 0 Å². The molecular formula is C11H24N4O2. The summed E-state index contributed by atoms with van der Waals surface area (Å²) >= 11 is 0. The van der Waals surface area contributed by atoms with Gasteiger partial charge in [-0.1, -0.05) is 6.92 Å². The third kappa shape index (κ3) is 4.14. The lowest BCUT2D eigenvalue weighted by atomic mass is 10.1. The Kier molecular flexibility index (Phi) is 6.25. The molecule has 0 aromatic rings. The molecule has 6 heteroatoms. The van der Waals surface area contributed by atoms with Crippen molar-refractivity contribution in [3.8, 4) is 0 Å². The molecule has 3 N–H and O–H groups in total. The Bertz CT molecular complexity index is 248. The molecular weight excluding hydrogens is 220 g/mol. The summed E-state index contributed by atoms with van der Waals surface area (Å²) in [5.41, 5.74) is 2.68. The molecule has 0 amide bonds. The van der Waals surface area contributed by atoms with Gasteiger partial charge in [-0.25, -0.2) is 10.8 Å². The van der Waals surface area contributed by atoms with Crippen LogP contribution in [0, 0.1) is 0 Å². The van der Waals surface area contributed by atoms with Crippen LogP contribution in [0.2, 0.25) is 0 Å². The highest BCUT2D eigenvalue weighted by molar-refractivity contribution is 5.79. The van der Waals surface area contributed by atoms with Gasteiger partial charge in [0.1, 0.15) is 0 Å². The zero-order valence-corrected chi connectivity index (χ0v) is 11.0. The lowest BCUT2D eigenvalue weighted by Gasteiger charge is -2.39. The molecule has 17 heavy (non-hydrogen) atoms. The second-order valence-corrected chi connectivity index (χ2v) is 4.20. The van der Waals surface area contributed by atoms with Gasteiger partial charge in [-0.2, -0.15) is 0 Å². The minimum absolute atomic E-state index is 0.207. The number of nitrogens with two attached hydrogens (primary N) is 1. The molecule has 1 rings (SSSR count). The molecule has 1 aliphatic heterocycles. The number of nitrogens with zero attached hydrogens (tertiary/aromatic N) is 2. The number of rotatable bonds is 4. The van der Waals surface area contributed by atoms with Crippen LogP contribution in [0.4, 0.5) is 0 Å². The number of aliphatic imine (C=N–C) groups is 1. The van der Waals surface area contributed by atoms with E-state index in [0.29, 0.717) is 19.2 Å². The normalized spacial score (nSPS) is 26.1. The summed E-state index contributed by atoms with van der Waals surface area (Å²) in [7, 11) is 1.66. The fraction of sp³-hybridized carbons (Fsp3) is 0.909. The zero-order chi connectivity index (χ0) is 12.7. The highest BCUT2D eigenvalue weighted by Crippen LogP contribution is 2.14. The maximum Gasteiger partial charge on any atom is 0.208 e. The molecule has 0 aromatic heterocycles. The van der Waals surface area contributed by atoms with Gasteiger partial charge in [0, 0.05) is 13.7 Å². The van der Waals surface area contributed by atoms with Crippen LogP contribution in [0.15, 0.2) is 4.99 Å². The van der Waals surface area contributed by atoms with Gasteiger partial charge in [-0.15, -0.1) is 0 Å². The Morgan fingerprint density at radius 3 is 3.00 bits per heavy atom. The largest absolute Gasteiger partial charge is 0.383 e. The summed E-state index contributed by atoms with van der Waals surface area (Å²) in [6, 6.07) is 0.337. The Hall–Kier alpha value is -0.850. The van der Waals surface area contributed by atoms with Gasteiger partial charge < -0.3 is 14.4 Å². The fourth-order valence-electron chi connectivity index (χ4n) is 1.90. The summed E-state index contributed by atoms with van der Waals surface area (Å²) in [5.74, 6) is 6.27. The van der Waals surface area contributed by atoms with Crippen molar-refractivity contribution < 1.29 is 9.47 Å². The number of morpholine rings is 1. The molecule has 0 radical (unpaired) electrons. The van der Waals surface area contributed by atoms with Crippen molar-refractivity contribution in [1.82, 2.24) is 10.3 Å². The van der Waals surface area contributed by atoms with Crippen LogP contribution in [0.1, 0.15) is 20.3 Å². The molecule has 1 heterocycles. The van der Waals surface area contributed by atoms with E-state index in [2.05, 4.69) is 29.2 Å². The van der Waals surface area contributed by atoms with E-state index in [9.17, 15) is 0 Å². The molecule has 1 aliphatic rings. The smallest absolute Gasteiger partial charge is 0.208 e. The van der Waals surface area contributed by atoms with Crippen LogP contribution in [-0.2, 0) is 9.47 Å². The van der Waals surface area contributed by atoms with Crippen molar-refractivity contribution in [3.05, 3.63) is 0 Å². The molecule has 0 spiro atoms. The Morgan fingerprint density at radius 1 is 1.65 bits per heavy atom. The summed E-state index contributed by atoms with van der Waals surface area (Å²) in [6.45, 7) is 6.94. The second-order valence-electron chi connectivity index (χ2n) is 4.20. The van der Waals surface area contributed by atoms with E-state index in [1.807, 2.05) is 0 Å². The van der Waals surface area contributed by atoms with Crippen LogP contribution in [-0.4, -0.2) is 56.4 Å². The van der Waals surface area contributed by atoms with Crippen LogP contribution < -0.4 is 11.3 Å². The number of hydrogen-bond acceptors (Lipinski definition) is 4. The standard InChI is InChI=1S/C11H24N4O2/c1-4-10-8-17-9(2)7-15(10)11(14-12)13-5-6-16-3/h9-10H,4-8,12H2,1-3H3,(H,13,14). The third-order valence-corrected chi connectivity index (χ3v) is 2.90. The molecule has 0 aromatic carbocycles. The van der Waals surface area contributed by atoms with E-state index in [1.165, 1.54) is 0 Å². The summed E-state index contributed by atoms with van der Waals surface area (Å²) in [4.78, 5) is 6.60. The van der Waals surface area contributed by atoms with Crippen LogP contribution >= 0.6 is 0 Å². The minimum atomic E-state index is 0.207. The monoisotopic (exact) mass is 244 g/mol. The first-order chi connectivity index (χ1) is 8.22. The highest BCUT2D eigenvalue weighted by Gasteiger charge is 2.27. The third-order valence-electron chi connectivity index (χ3n) is 2.90. The van der Waals surface area contributed by atoms with Gasteiger partial charge in [-0.3, -0.25) is 5.43 Å². The van der Waals surface area contributed by atoms with Gasteiger partial charge in [0.05, 0.1) is 31.9 Å². The van der Waals surface area contributed by atoms with Gasteiger partial charge in [0.25, 0.3) is 0 Å². The topological polar surface area (TPSA) is 72.1 Å². The van der Waals surface area contributed by atoms with Crippen molar-refractivity contribution in [2.75, 3.05) is 33.4 Å². The quantitative estimate of drug-likeness (QED) is 0.238. The van der Waals surface area contributed by atoms with Crippen molar-refractivity contribution in [1.29, 1.82) is 0 Å². The number of nitrogens with one attached hydrogen (secondary N) is 1. The van der Waals surface area contributed by atoms with Crippen LogP contribution in [0.5, 0.6) is 0 Å². The summed E-state index contributed by atoms with van der Waals surface area (Å²) < 4.78 is 10.6. The van der Waals surface area contributed by atoms with Crippen molar-refractivity contribution in [2.45, 2.75) is 32.4 Å². The summed E-state index contributed by atoms with van der Waals surface area (Å²) in [6.07, 6.45) is 1.22. The van der Waals surface area contributed by atoms with Gasteiger partial charge >= 0.3 is 0 Å². The average Bonchev–Trinajstić information content (AvgIpc) is 2.35. The van der Waals surface area contributed by atoms with E-state index < -0.39 is 0 Å². The Morgan fingerprint density at radius 2 is 2.41 bits per heavy atom. The van der Waals surface area contributed by atoms with E-state index in [0.717, 1.165) is 25.5 Å². The second kappa shape index (κ2) is 7.47. The van der Waals surface area contributed by atoms with E-state index >= 15 is 0 Å². The number of hydrazine groups is 1. The van der Waals surface area contributed by atoms with Crippen molar-refractivity contribution in [2.24, 2.45) is 10.8 Å². The molecule has 0 saturated carbocycles. The van der Waals surface area contributed by atoms with Crippen molar-refractivity contribution in [3.63, 3.8) is 0 Å². The zero-order valence-electron chi connectivity index (χ0n) is 11.0. The fourth-order valence-corrected chi connectivity index (χ4v) is 1.90. The molecule has 0 bridgehead atoms. The molecule has 0 aliphatic carbocycles. The van der Waals surface area contributed by atoms with E-state index in [1.54, 1.807) is 7.11 Å².